The van der Waals surface area contributed by atoms with Crippen LogP contribution in [0.15, 0.2) is 30.3 Å². The van der Waals surface area contributed by atoms with E-state index in [1.54, 1.807) is 0 Å². The number of thioether (sulfide) groups is 1. The van der Waals surface area contributed by atoms with Crippen LogP contribution in [0.1, 0.15) is 31.7 Å². The largest absolute Gasteiger partial charge is 0.198 e. The highest BCUT2D eigenvalue weighted by Crippen LogP contribution is 2.23. The smallest absolute Gasteiger partial charge is 0.0803 e. The number of rotatable bonds is 5. The van der Waals surface area contributed by atoms with Crippen LogP contribution < -0.4 is 0 Å². The molecule has 0 aromatic heterocycles. The maximum Gasteiger partial charge on any atom is 0.0803 e. The highest BCUT2D eigenvalue weighted by molar-refractivity contribution is 7.99. The molecule has 15 heavy (non-hydrogen) atoms. The number of nitrogens with zero attached hydrogens (tertiary/aromatic N) is 1. The summed E-state index contributed by atoms with van der Waals surface area (Å²) < 4.78 is 0. The Morgan fingerprint density at radius 2 is 2.00 bits per heavy atom. The van der Waals surface area contributed by atoms with Gasteiger partial charge in [0.1, 0.15) is 0 Å². The summed E-state index contributed by atoms with van der Waals surface area (Å²) in [7, 11) is 0. The van der Waals surface area contributed by atoms with Crippen LogP contribution in [0.4, 0.5) is 0 Å². The van der Waals surface area contributed by atoms with Gasteiger partial charge in [-0.2, -0.15) is 17.0 Å². The zero-order valence-corrected chi connectivity index (χ0v) is 10.1. The van der Waals surface area contributed by atoms with Crippen LogP contribution in [0.25, 0.3) is 0 Å². The lowest BCUT2D eigenvalue weighted by Crippen LogP contribution is -2.03. The molecule has 2 atom stereocenters. The minimum absolute atomic E-state index is 0.0326. The normalized spacial score (nSPS) is 14.2. The van der Waals surface area contributed by atoms with Crippen LogP contribution in [0.5, 0.6) is 0 Å². The molecular weight excluding hydrogens is 202 g/mol. The van der Waals surface area contributed by atoms with Crippen LogP contribution in [0, 0.1) is 11.3 Å². The Bertz CT molecular complexity index is 315. The van der Waals surface area contributed by atoms with Crippen molar-refractivity contribution in [3.8, 4) is 6.07 Å². The maximum atomic E-state index is 9.10. The average Bonchev–Trinajstić information content (AvgIpc) is 2.31. The molecule has 80 valence electrons. The van der Waals surface area contributed by atoms with Gasteiger partial charge >= 0.3 is 0 Å². The van der Waals surface area contributed by atoms with Gasteiger partial charge in [0, 0.05) is 11.0 Å². The fourth-order valence-electron chi connectivity index (χ4n) is 1.27. The van der Waals surface area contributed by atoms with Crippen molar-refractivity contribution < 1.29 is 0 Å². The third kappa shape index (κ3) is 3.97. The number of benzene rings is 1. The quantitative estimate of drug-likeness (QED) is 0.751. The topological polar surface area (TPSA) is 23.8 Å². The van der Waals surface area contributed by atoms with Crippen LogP contribution in [-0.4, -0.2) is 11.0 Å². The van der Waals surface area contributed by atoms with Crippen LogP contribution in [-0.2, 0) is 0 Å². The Kier molecular flexibility index (Phi) is 5.28. The Hall–Kier alpha value is -0.940. The first-order chi connectivity index (χ1) is 7.27. The van der Waals surface area contributed by atoms with Gasteiger partial charge in [-0.3, -0.25) is 0 Å². The molecule has 2 unspecified atom stereocenters. The molecule has 1 rings (SSSR count). The first-order valence-electron chi connectivity index (χ1n) is 5.34. The highest BCUT2D eigenvalue weighted by Gasteiger charge is 2.11. The third-order valence-corrected chi connectivity index (χ3v) is 3.91. The summed E-state index contributed by atoms with van der Waals surface area (Å²) in [5, 5.41) is 9.74. The minimum Gasteiger partial charge on any atom is -0.198 e. The molecule has 0 aliphatic carbocycles. The molecule has 0 radical (unpaired) electrons. The van der Waals surface area contributed by atoms with E-state index >= 15 is 0 Å². The standard InChI is InChI=1S/C13H17NS/c1-3-11(2)15-10-13(9-14)12-7-5-4-6-8-12/h4-8,11,13H,3,10H2,1-2H3. The lowest BCUT2D eigenvalue weighted by atomic mass is 10.0. The lowest BCUT2D eigenvalue weighted by molar-refractivity contribution is 0.896. The van der Waals surface area contributed by atoms with Gasteiger partial charge in [0.2, 0.25) is 0 Å². The monoisotopic (exact) mass is 219 g/mol. The van der Waals surface area contributed by atoms with E-state index in [1.165, 1.54) is 0 Å². The van der Waals surface area contributed by atoms with Crippen LogP contribution in [0.2, 0.25) is 0 Å². The zero-order chi connectivity index (χ0) is 11.1. The Labute approximate surface area is 96.5 Å². The van der Waals surface area contributed by atoms with E-state index in [0.717, 1.165) is 17.7 Å². The van der Waals surface area contributed by atoms with Gasteiger partial charge in [-0.15, -0.1) is 0 Å². The molecule has 2 heteroatoms. The molecule has 0 bridgehead atoms. The van der Waals surface area contributed by atoms with Crippen molar-refractivity contribution in [3.05, 3.63) is 35.9 Å². The van der Waals surface area contributed by atoms with E-state index in [2.05, 4.69) is 19.9 Å². The van der Waals surface area contributed by atoms with Crippen molar-refractivity contribution >= 4 is 11.8 Å². The minimum atomic E-state index is 0.0326. The first kappa shape index (κ1) is 12.1. The molecule has 0 amide bonds. The van der Waals surface area contributed by atoms with Gasteiger partial charge in [-0.25, -0.2) is 0 Å². The molecule has 0 saturated carbocycles. The summed E-state index contributed by atoms with van der Waals surface area (Å²) in [6.45, 7) is 4.39. The lowest BCUT2D eigenvalue weighted by Gasteiger charge is -2.12. The van der Waals surface area contributed by atoms with Gasteiger partial charge < -0.3 is 0 Å². The first-order valence-corrected chi connectivity index (χ1v) is 6.39. The number of nitriles is 1. The molecule has 0 fully saturated rings. The predicted octanol–water partition coefficient (Wildman–Crippen LogP) is 3.83. The second-order valence-corrected chi connectivity index (χ2v) is 5.12. The molecule has 1 aromatic rings. The fourth-order valence-corrected chi connectivity index (χ4v) is 2.30. The number of hydrogen-bond acceptors (Lipinski definition) is 2. The summed E-state index contributed by atoms with van der Waals surface area (Å²) >= 11 is 1.88. The molecule has 0 aliphatic heterocycles. The molecular formula is C13H17NS. The second kappa shape index (κ2) is 6.53. The number of hydrogen-bond donors (Lipinski definition) is 0. The van der Waals surface area contributed by atoms with Gasteiger partial charge in [0.25, 0.3) is 0 Å². The van der Waals surface area contributed by atoms with Crippen LogP contribution >= 0.6 is 11.8 Å². The van der Waals surface area contributed by atoms with E-state index in [9.17, 15) is 0 Å². The van der Waals surface area contributed by atoms with Gasteiger partial charge in [-0.05, 0) is 12.0 Å². The van der Waals surface area contributed by atoms with E-state index in [1.807, 2.05) is 42.1 Å². The van der Waals surface area contributed by atoms with Crippen molar-refractivity contribution in [1.29, 1.82) is 5.26 Å². The fraction of sp³-hybridized carbons (Fsp3) is 0.462. The summed E-state index contributed by atoms with van der Waals surface area (Å²) in [6.07, 6.45) is 1.16. The molecule has 0 heterocycles. The molecule has 1 nitrogen and oxygen atoms in total. The predicted molar refractivity (Wildman–Crippen MR) is 67.0 cm³/mol. The van der Waals surface area contributed by atoms with Crippen molar-refractivity contribution in [2.45, 2.75) is 31.4 Å². The Balaban J connectivity index is 2.55. The Morgan fingerprint density at radius 1 is 1.33 bits per heavy atom. The van der Waals surface area contributed by atoms with E-state index in [0.29, 0.717) is 5.25 Å². The summed E-state index contributed by atoms with van der Waals surface area (Å²) in [5.74, 6) is 0.931. The van der Waals surface area contributed by atoms with Crippen LogP contribution in [0.3, 0.4) is 0 Å². The highest BCUT2D eigenvalue weighted by atomic mass is 32.2. The third-order valence-electron chi connectivity index (χ3n) is 2.48. The van der Waals surface area contributed by atoms with E-state index < -0.39 is 0 Å². The molecule has 0 N–H and O–H groups in total. The maximum absolute atomic E-state index is 9.10. The van der Waals surface area contributed by atoms with Gasteiger partial charge in [0.15, 0.2) is 0 Å². The van der Waals surface area contributed by atoms with Gasteiger partial charge in [-0.1, -0.05) is 44.2 Å². The molecule has 0 aliphatic rings. The summed E-state index contributed by atoms with van der Waals surface area (Å²) in [4.78, 5) is 0. The van der Waals surface area contributed by atoms with E-state index in [4.69, 9.17) is 5.26 Å². The SMILES string of the molecule is CCC(C)SCC(C#N)c1ccccc1. The molecule has 0 spiro atoms. The van der Waals surface area contributed by atoms with Crippen molar-refractivity contribution in [1.82, 2.24) is 0 Å². The molecule has 0 saturated heterocycles. The zero-order valence-electron chi connectivity index (χ0n) is 9.31. The van der Waals surface area contributed by atoms with Crippen molar-refractivity contribution in [2.24, 2.45) is 0 Å². The molecule has 1 aromatic carbocycles. The van der Waals surface area contributed by atoms with Crippen molar-refractivity contribution in [2.75, 3.05) is 5.75 Å². The average molecular weight is 219 g/mol. The summed E-state index contributed by atoms with van der Waals surface area (Å²) in [5.41, 5.74) is 1.14. The van der Waals surface area contributed by atoms with E-state index in [-0.39, 0.29) is 5.92 Å². The Morgan fingerprint density at radius 3 is 2.53 bits per heavy atom. The van der Waals surface area contributed by atoms with Gasteiger partial charge in [0.05, 0.1) is 12.0 Å². The summed E-state index contributed by atoms with van der Waals surface area (Å²) in [6, 6.07) is 12.4. The second-order valence-electron chi connectivity index (χ2n) is 3.64. The van der Waals surface area contributed by atoms with Crippen molar-refractivity contribution in [3.63, 3.8) is 0 Å².